The van der Waals surface area contributed by atoms with E-state index in [4.69, 9.17) is 5.11 Å². The summed E-state index contributed by atoms with van der Waals surface area (Å²) >= 11 is 1.10. The number of nitro groups is 1. The van der Waals surface area contributed by atoms with E-state index >= 15 is 0 Å². The number of thioether (sulfide) groups is 1. The number of amides is 2. The maximum atomic E-state index is 13.2. The lowest BCUT2D eigenvalue weighted by Crippen LogP contribution is -2.32. The highest BCUT2D eigenvalue weighted by Gasteiger charge is 2.40. The van der Waals surface area contributed by atoms with Crippen molar-refractivity contribution >= 4 is 40.5 Å². The number of aryl methyl sites for hydroxylation is 2. The Morgan fingerprint density at radius 1 is 1.07 bits per heavy atom. The average Bonchev–Trinajstić information content (AvgIpc) is 2.92. The van der Waals surface area contributed by atoms with Gasteiger partial charge in [-0.3, -0.25) is 19.7 Å². The number of carbonyl (C=O) groups excluding carboxylic acids is 2. The summed E-state index contributed by atoms with van der Waals surface area (Å²) in [7, 11) is 0. The molecule has 0 unspecified atom stereocenters. The summed E-state index contributed by atoms with van der Waals surface area (Å²) in [5.41, 5.74) is 2.72. The number of nitrogens with zero attached hydrogens (tertiary/aromatic N) is 2. The van der Waals surface area contributed by atoms with E-state index in [1.54, 1.807) is 6.07 Å². The average molecular weight is 398 g/mol. The van der Waals surface area contributed by atoms with E-state index < -0.39 is 16.7 Å². The molecule has 1 aliphatic heterocycles. The lowest BCUT2D eigenvalue weighted by Gasteiger charge is -2.18. The molecule has 0 aromatic heterocycles. The van der Waals surface area contributed by atoms with E-state index in [1.165, 1.54) is 24.3 Å². The predicted octanol–water partition coefficient (Wildman–Crippen LogP) is 3.22. The maximum absolute atomic E-state index is 13.2. The molecule has 0 saturated heterocycles. The number of anilines is 1. The van der Waals surface area contributed by atoms with Crippen molar-refractivity contribution in [2.24, 2.45) is 0 Å². The Morgan fingerprint density at radius 3 is 2.36 bits per heavy atom. The van der Waals surface area contributed by atoms with Crippen molar-refractivity contribution < 1.29 is 19.6 Å². The Labute approximate surface area is 165 Å². The molecule has 28 heavy (non-hydrogen) atoms. The normalized spacial score (nSPS) is 14.2. The van der Waals surface area contributed by atoms with Crippen molar-refractivity contribution in [3.05, 3.63) is 74.2 Å². The van der Waals surface area contributed by atoms with Crippen LogP contribution < -0.4 is 4.90 Å². The summed E-state index contributed by atoms with van der Waals surface area (Å²) < 4.78 is 0. The van der Waals surface area contributed by atoms with E-state index in [9.17, 15) is 19.7 Å². The van der Waals surface area contributed by atoms with Gasteiger partial charge in [-0.15, -0.1) is 11.8 Å². The number of non-ortho nitro benzene ring substituents is 1. The van der Waals surface area contributed by atoms with Crippen LogP contribution in [0.2, 0.25) is 0 Å². The van der Waals surface area contributed by atoms with E-state index in [-0.39, 0.29) is 28.5 Å². The monoisotopic (exact) mass is 398 g/mol. The van der Waals surface area contributed by atoms with Gasteiger partial charge < -0.3 is 5.11 Å². The molecule has 0 atom stereocenters. The molecule has 0 radical (unpaired) electrons. The molecular formula is C20H18N2O5S. The van der Waals surface area contributed by atoms with Gasteiger partial charge in [0.2, 0.25) is 0 Å². The first-order valence-electron chi connectivity index (χ1n) is 8.54. The van der Waals surface area contributed by atoms with Gasteiger partial charge in [0.15, 0.2) is 0 Å². The van der Waals surface area contributed by atoms with Gasteiger partial charge in [0.1, 0.15) is 0 Å². The number of nitro benzene ring substituents is 1. The number of aliphatic hydroxyl groups excluding tert-OH is 1. The van der Waals surface area contributed by atoms with Crippen molar-refractivity contribution in [1.82, 2.24) is 0 Å². The third-order valence-corrected chi connectivity index (χ3v) is 5.41. The molecule has 1 aliphatic rings. The quantitative estimate of drug-likeness (QED) is 0.455. The van der Waals surface area contributed by atoms with Gasteiger partial charge in [-0.05, 0) is 48.7 Å². The van der Waals surface area contributed by atoms with Gasteiger partial charge >= 0.3 is 0 Å². The van der Waals surface area contributed by atoms with Crippen molar-refractivity contribution in [2.75, 3.05) is 17.3 Å². The minimum absolute atomic E-state index is 0.0999. The number of imide groups is 1. The molecule has 7 nitrogen and oxygen atoms in total. The first-order valence-corrected chi connectivity index (χ1v) is 9.52. The number of carbonyl (C=O) groups is 2. The van der Waals surface area contributed by atoms with Crippen LogP contribution in [0.15, 0.2) is 47.4 Å². The summed E-state index contributed by atoms with van der Waals surface area (Å²) in [6.45, 7) is 3.55. The third-order valence-electron chi connectivity index (χ3n) is 4.35. The molecule has 1 heterocycles. The Hall–Kier alpha value is -2.97. The molecule has 3 rings (SSSR count). The molecule has 144 valence electrons. The van der Waals surface area contributed by atoms with Crippen LogP contribution in [-0.4, -0.2) is 34.2 Å². The topological polar surface area (TPSA) is 101 Å². The highest BCUT2D eigenvalue weighted by molar-refractivity contribution is 8.04. The Balaban J connectivity index is 2.10. The molecule has 0 fully saturated rings. The minimum atomic E-state index is -0.524. The second kappa shape index (κ2) is 7.95. The molecule has 8 heteroatoms. The molecule has 2 aromatic rings. The summed E-state index contributed by atoms with van der Waals surface area (Å²) in [5.74, 6) is -0.677. The smallest absolute Gasteiger partial charge is 0.272 e. The first kappa shape index (κ1) is 19.8. The molecular weight excluding hydrogens is 380 g/mol. The molecule has 1 N–H and O–H groups in total. The lowest BCUT2D eigenvalue weighted by atomic mass is 10.1. The number of rotatable bonds is 6. The van der Waals surface area contributed by atoms with Crippen molar-refractivity contribution in [2.45, 2.75) is 13.8 Å². The van der Waals surface area contributed by atoms with E-state index in [2.05, 4.69) is 0 Å². The number of hydrogen-bond acceptors (Lipinski definition) is 6. The second-order valence-electron chi connectivity index (χ2n) is 6.32. The van der Waals surface area contributed by atoms with Crippen molar-refractivity contribution in [3.63, 3.8) is 0 Å². The highest BCUT2D eigenvalue weighted by atomic mass is 32.2. The predicted molar refractivity (Wildman–Crippen MR) is 108 cm³/mol. The van der Waals surface area contributed by atoms with Crippen LogP contribution >= 0.6 is 11.8 Å². The first-order chi connectivity index (χ1) is 13.3. The van der Waals surface area contributed by atoms with Gasteiger partial charge in [0.25, 0.3) is 17.5 Å². The van der Waals surface area contributed by atoms with Gasteiger partial charge in [-0.1, -0.05) is 12.1 Å². The Kier molecular flexibility index (Phi) is 5.62. The molecule has 2 amide bonds. The number of benzene rings is 2. The van der Waals surface area contributed by atoms with E-state index in [0.717, 1.165) is 27.8 Å². The van der Waals surface area contributed by atoms with Crippen LogP contribution in [0.5, 0.6) is 0 Å². The van der Waals surface area contributed by atoms with Crippen LogP contribution in [-0.2, 0) is 9.59 Å². The van der Waals surface area contributed by atoms with Gasteiger partial charge in [0, 0.05) is 17.9 Å². The van der Waals surface area contributed by atoms with E-state index in [1.807, 2.05) is 26.0 Å². The summed E-state index contributed by atoms with van der Waals surface area (Å²) in [5, 5.41) is 20.1. The van der Waals surface area contributed by atoms with Crippen LogP contribution in [0, 0.1) is 24.0 Å². The fourth-order valence-corrected chi connectivity index (χ4v) is 3.83. The molecule has 0 spiro atoms. The summed E-state index contributed by atoms with van der Waals surface area (Å²) in [4.78, 5) is 38.0. The van der Waals surface area contributed by atoms with Crippen LogP contribution in [0.1, 0.15) is 16.7 Å². The van der Waals surface area contributed by atoms with Crippen LogP contribution in [0.25, 0.3) is 5.57 Å². The lowest BCUT2D eigenvalue weighted by molar-refractivity contribution is -0.384. The largest absolute Gasteiger partial charge is 0.396 e. The zero-order valence-corrected chi connectivity index (χ0v) is 16.2. The molecule has 0 aliphatic carbocycles. The van der Waals surface area contributed by atoms with Gasteiger partial charge in [-0.25, -0.2) is 4.90 Å². The van der Waals surface area contributed by atoms with Crippen LogP contribution in [0.4, 0.5) is 11.4 Å². The number of hydrogen-bond donors (Lipinski definition) is 1. The Morgan fingerprint density at radius 2 is 1.75 bits per heavy atom. The van der Waals surface area contributed by atoms with Crippen LogP contribution in [0.3, 0.4) is 0 Å². The third kappa shape index (κ3) is 3.56. The molecule has 0 bridgehead atoms. The van der Waals surface area contributed by atoms with Gasteiger partial charge in [0.05, 0.1) is 27.7 Å². The van der Waals surface area contributed by atoms with E-state index in [0.29, 0.717) is 11.3 Å². The second-order valence-corrected chi connectivity index (χ2v) is 7.42. The van der Waals surface area contributed by atoms with Crippen molar-refractivity contribution in [3.8, 4) is 0 Å². The number of aliphatic hydroxyl groups is 1. The molecule has 2 aromatic carbocycles. The SMILES string of the molecule is Cc1ccc(C)c(N2C(=O)C(SCCO)=C(c3ccc([N+](=O)[O-])cc3)C2=O)c1. The summed E-state index contributed by atoms with van der Waals surface area (Å²) in [6, 6.07) is 11.0. The zero-order valence-electron chi connectivity index (χ0n) is 15.3. The standard InChI is InChI=1S/C20H18N2O5S/c1-12-3-4-13(2)16(11-12)21-19(24)17(18(20(21)25)28-10-9-23)14-5-7-15(8-6-14)22(26)27/h3-8,11,23H,9-10H2,1-2H3. The fourth-order valence-electron chi connectivity index (χ4n) is 2.97. The highest BCUT2D eigenvalue weighted by Crippen LogP contribution is 2.39. The fraction of sp³-hybridized carbons (Fsp3) is 0.200. The summed E-state index contributed by atoms with van der Waals surface area (Å²) in [6.07, 6.45) is 0. The van der Waals surface area contributed by atoms with Crippen molar-refractivity contribution in [1.29, 1.82) is 0 Å². The Bertz CT molecular complexity index is 998. The maximum Gasteiger partial charge on any atom is 0.272 e. The minimum Gasteiger partial charge on any atom is -0.396 e. The zero-order chi connectivity index (χ0) is 20.4. The van der Waals surface area contributed by atoms with Gasteiger partial charge in [-0.2, -0.15) is 0 Å². The molecule has 0 saturated carbocycles.